The SMILES string of the molecule is C=CC[C@H](C(=O)OC)[C@H](C)[Si](C)(C)c1ccccc1. The second-order valence-electron chi connectivity index (χ2n) is 5.53. The highest BCUT2D eigenvalue weighted by atomic mass is 28.3. The maximum atomic E-state index is 12.0. The van der Waals surface area contributed by atoms with Crippen molar-refractivity contribution in [3.63, 3.8) is 0 Å². The van der Waals surface area contributed by atoms with Crippen molar-refractivity contribution in [3.05, 3.63) is 43.0 Å². The van der Waals surface area contributed by atoms with E-state index in [1.54, 1.807) is 0 Å². The minimum absolute atomic E-state index is 0.0932. The third kappa shape index (κ3) is 3.57. The Hall–Kier alpha value is -1.35. The van der Waals surface area contributed by atoms with Gasteiger partial charge in [-0.1, -0.05) is 61.6 Å². The number of carbonyl (C=O) groups excluding carboxylic acids is 1. The highest BCUT2D eigenvalue weighted by Gasteiger charge is 2.38. The summed E-state index contributed by atoms with van der Waals surface area (Å²) in [6.45, 7) is 10.6. The average molecular weight is 276 g/mol. The van der Waals surface area contributed by atoms with Crippen LogP contribution < -0.4 is 5.19 Å². The Bertz CT molecular complexity index is 426. The molecule has 0 unspecified atom stereocenters. The Morgan fingerprint density at radius 1 is 1.37 bits per heavy atom. The molecule has 1 aromatic carbocycles. The summed E-state index contributed by atoms with van der Waals surface area (Å²) in [6.07, 6.45) is 2.49. The maximum Gasteiger partial charge on any atom is 0.308 e. The first-order chi connectivity index (χ1) is 8.95. The molecule has 3 heteroatoms. The molecule has 104 valence electrons. The molecule has 0 N–H and O–H groups in total. The lowest BCUT2D eigenvalue weighted by Crippen LogP contribution is -2.48. The van der Waals surface area contributed by atoms with Gasteiger partial charge in [-0.15, -0.1) is 6.58 Å². The zero-order valence-electron chi connectivity index (χ0n) is 12.3. The van der Waals surface area contributed by atoms with Gasteiger partial charge in [-0.2, -0.15) is 0 Å². The third-order valence-corrected chi connectivity index (χ3v) is 8.68. The summed E-state index contributed by atoms with van der Waals surface area (Å²) in [7, 11) is -0.250. The van der Waals surface area contributed by atoms with E-state index < -0.39 is 8.07 Å². The Balaban J connectivity index is 3.04. The van der Waals surface area contributed by atoms with Crippen LogP contribution in [0.1, 0.15) is 13.3 Å². The molecule has 0 fully saturated rings. The lowest BCUT2D eigenvalue weighted by molar-refractivity contribution is -0.145. The van der Waals surface area contributed by atoms with Crippen LogP contribution in [0, 0.1) is 5.92 Å². The van der Waals surface area contributed by atoms with Crippen molar-refractivity contribution >= 4 is 19.2 Å². The zero-order chi connectivity index (χ0) is 14.5. The monoisotopic (exact) mass is 276 g/mol. The van der Waals surface area contributed by atoms with Gasteiger partial charge in [0, 0.05) is 0 Å². The number of methoxy groups -OCH3 is 1. The van der Waals surface area contributed by atoms with Crippen LogP contribution in [0.4, 0.5) is 0 Å². The topological polar surface area (TPSA) is 26.3 Å². The van der Waals surface area contributed by atoms with Gasteiger partial charge in [0.15, 0.2) is 0 Å². The molecular weight excluding hydrogens is 252 g/mol. The average Bonchev–Trinajstić information content (AvgIpc) is 2.44. The van der Waals surface area contributed by atoms with Crippen molar-refractivity contribution in [2.45, 2.75) is 32.0 Å². The molecule has 0 aliphatic heterocycles. The first-order valence-electron chi connectivity index (χ1n) is 6.69. The van der Waals surface area contributed by atoms with Crippen molar-refractivity contribution in [3.8, 4) is 0 Å². The van der Waals surface area contributed by atoms with Crippen LogP contribution in [0.25, 0.3) is 0 Å². The number of esters is 1. The van der Waals surface area contributed by atoms with E-state index in [0.29, 0.717) is 12.0 Å². The molecule has 1 rings (SSSR count). The Morgan fingerprint density at radius 3 is 2.42 bits per heavy atom. The number of ether oxygens (including phenoxy) is 1. The van der Waals surface area contributed by atoms with Crippen molar-refractivity contribution < 1.29 is 9.53 Å². The van der Waals surface area contributed by atoms with Gasteiger partial charge < -0.3 is 4.74 Å². The number of hydrogen-bond donors (Lipinski definition) is 0. The lowest BCUT2D eigenvalue weighted by atomic mass is 10.0. The number of rotatable bonds is 6. The molecule has 2 atom stereocenters. The van der Waals surface area contributed by atoms with Crippen molar-refractivity contribution in [1.29, 1.82) is 0 Å². The van der Waals surface area contributed by atoms with Gasteiger partial charge in [0.2, 0.25) is 0 Å². The van der Waals surface area contributed by atoms with E-state index in [-0.39, 0.29) is 11.9 Å². The summed E-state index contributed by atoms with van der Waals surface area (Å²) in [5.41, 5.74) is 0.306. The van der Waals surface area contributed by atoms with E-state index in [0.717, 1.165) is 0 Å². The van der Waals surface area contributed by atoms with Crippen LogP contribution in [0.3, 0.4) is 0 Å². The molecule has 0 bridgehead atoms. The Morgan fingerprint density at radius 2 is 1.95 bits per heavy atom. The number of allylic oxidation sites excluding steroid dienone is 1. The van der Waals surface area contributed by atoms with E-state index in [1.165, 1.54) is 12.3 Å². The molecule has 2 nitrogen and oxygen atoms in total. The summed E-state index contributed by atoms with van der Waals surface area (Å²) < 4.78 is 4.95. The van der Waals surface area contributed by atoms with Crippen LogP contribution in [0.2, 0.25) is 18.6 Å². The van der Waals surface area contributed by atoms with E-state index in [4.69, 9.17) is 4.74 Å². The highest BCUT2D eigenvalue weighted by molar-refractivity contribution is 6.91. The zero-order valence-corrected chi connectivity index (χ0v) is 13.3. The van der Waals surface area contributed by atoms with Gasteiger partial charge in [-0.3, -0.25) is 4.79 Å². The minimum atomic E-state index is -1.71. The highest BCUT2D eigenvalue weighted by Crippen LogP contribution is 2.32. The van der Waals surface area contributed by atoms with E-state index >= 15 is 0 Å². The predicted octanol–water partition coefficient (Wildman–Crippen LogP) is 3.36. The van der Waals surface area contributed by atoms with Gasteiger partial charge in [-0.05, 0) is 12.0 Å². The standard InChI is InChI=1S/C16H24O2Si/c1-6-10-15(16(17)18-3)13(2)19(4,5)14-11-8-7-9-12-14/h6-9,11-13,15H,1,10H2,2-5H3/t13-,15-/m0/s1. The lowest BCUT2D eigenvalue weighted by Gasteiger charge is -2.34. The van der Waals surface area contributed by atoms with E-state index in [9.17, 15) is 4.79 Å². The fourth-order valence-corrected chi connectivity index (χ4v) is 5.32. The Labute approximate surface area is 117 Å². The smallest absolute Gasteiger partial charge is 0.308 e. The van der Waals surface area contributed by atoms with E-state index in [2.05, 4.69) is 50.9 Å². The fraction of sp³-hybridized carbons (Fsp3) is 0.438. The van der Waals surface area contributed by atoms with Crippen molar-refractivity contribution in [2.75, 3.05) is 7.11 Å². The summed E-state index contributed by atoms with van der Waals surface area (Å²) in [4.78, 5) is 12.0. The maximum absolute atomic E-state index is 12.0. The van der Waals surface area contributed by atoms with Crippen LogP contribution in [-0.4, -0.2) is 21.2 Å². The largest absolute Gasteiger partial charge is 0.469 e. The predicted molar refractivity (Wildman–Crippen MR) is 83.3 cm³/mol. The summed E-state index contributed by atoms with van der Waals surface area (Å²) in [5, 5.41) is 1.38. The fourth-order valence-electron chi connectivity index (χ4n) is 2.47. The van der Waals surface area contributed by atoms with Crippen LogP contribution in [0.5, 0.6) is 0 Å². The molecule has 0 radical (unpaired) electrons. The molecule has 0 saturated carbocycles. The number of benzene rings is 1. The third-order valence-electron chi connectivity index (χ3n) is 4.18. The van der Waals surface area contributed by atoms with Gasteiger partial charge in [-0.25, -0.2) is 0 Å². The van der Waals surface area contributed by atoms with Crippen LogP contribution in [0.15, 0.2) is 43.0 Å². The molecule has 0 spiro atoms. The second-order valence-corrected chi connectivity index (χ2v) is 10.5. The Kier molecular flexibility index (Phi) is 5.55. The van der Waals surface area contributed by atoms with Gasteiger partial charge >= 0.3 is 5.97 Å². The number of hydrogen-bond acceptors (Lipinski definition) is 2. The summed E-state index contributed by atoms with van der Waals surface area (Å²) >= 11 is 0. The van der Waals surface area contributed by atoms with Gasteiger partial charge in [0.1, 0.15) is 0 Å². The summed E-state index contributed by atoms with van der Waals surface area (Å²) in [5.74, 6) is -0.215. The molecule has 0 heterocycles. The normalized spacial score (nSPS) is 14.5. The summed E-state index contributed by atoms with van der Waals surface area (Å²) in [6, 6.07) is 10.5. The minimum Gasteiger partial charge on any atom is -0.469 e. The first kappa shape index (κ1) is 15.7. The van der Waals surface area contributed by atoms with Crippen molar-refractivity contribution in [1.82, 2.24) is 0 Å². The molecular formula is C16H24O2Si. The number of carbonyl (C=O) groups is 1. The van der Waals surface area contributed by atoms with Crippen LogP contribution in [-0.2, 0) is 9.53 Å². The quantitative estimate of drug-likeness (QED) is 0.452. The molecule has 0 aromatic heterocycles. The molecule has 0 saturated heterocycles. The van der Waals surface area contributed by atoms with Gasteiger partial charge in [0.05, 0.1) is 21.1 Å². The second kappa shape index (κ2) is 6.71. The first-order valence-corrected chi connectivity index (χ1v) is 9.77. The molecule has 0 aliphatic rings. The van der Waals surface area contributed by atoms with Crippen molar-refractivity contribution in [2.24, 2.45) is 5.92 Å². The van der Waals surface area contributed by atoms with E-state index in [1.807, 2.05) is 12.1 Å². The molecule has 0 aliphatic carbocycles. The van der Waals surface area contributed by atoms with Gasteiger partial charge in [0.25, 0.3) is 0 Å². The molecule has 1 aromatic rings. The molecule has 0 amide bonds. The molecule has 19 heavy (non-hydrogen) atoms. The van der Waals surface area contributed by atoms with Crippen LogP contribution >= 0.6 is 0 Å².